The first-order valence-electron chi connectivity index (χ1n) is 20.6. The van der Waals surface area contributed by atoms with Gasteiger partial charge >= 0.3 is 0 Å². The number of aromatic nitrogens is 2. The third-order valence-electron chi connectivity index (χ3n) is 15.7. The molecule has 0 radical (unpaired) electrons. The number of hydrogen-bond donors (Lipinski definition) is 2. The van der Waals surface area contributed by atoms with Crippen LogP contribution in [0.3, 0.4) is 0 Å². The SMILES string of the molecule is PC(c1cc(-c2ccccc2)c(-c2ccccc2)cc1CP(c1cc[nH]c1)c1cc[nH]c1)(C12CC3CC(CC(C3)C1)C2)C12CC3CC(CC(C3)C1)C2. The van der Waals surface area contributed by atoms with Gasteiger partial charge in [0.05, 0.1) is 0 Å². The van der Waals surface area contributed by atoms with Crippen molar-refractivity contribution in [2.75, 3.05) is 0 Å². The zero-order chi connectivity index (χ0) is 34.5. The monoisotopic (exact) mass is 720 g/mol. The molecule has 8 saturated carbocycles. The fourth-order valence-electron chi connectivity index (χ4n) is 14.6. The molecule has 2 N–H and O–H groups in total. The molecule has 1 unspecified atom stereocenters. The topological polar surface area (TPSA) is 31.6 Å². The van der Waals surface area contributed by atoms with Crippen molar-refractivity contribution >= 4 is 27.8 Å². The van der Waals surface area contributed by atoms with Crippen molar-refractivity contribution in [2.45, 2.75) is 88.4 Å². The van der Waals surface area contributed by atoms with Crippen LogP contribution in [0.15, 0.2) is 110 Å². The average molecular weight is 721 g/mol. The summed E-state index contributed by atoms with van der Waals surface area (Å²) in [4.78, 5) is 6.90. The number of rotatable bonds is 9. The number of hydrogen-bond acceptors (Lipinski definition) is 0. The van der Waals surface area contributed by atoms with E-state index >= 15 is 0 Å². The van der Waals surface area contributed by atoms with Crippen molar-refractivity contribution in [1.82, 2.24) is 9.97 Å². The molecule has 52 heavy (non-hydrogen) atoms. The fraction of sp³-hybridized carbons (Fsp3) is 0.458. The van der Waals surface area contributed by atoms with Crippen LogP contribution >= 0.6 is 17.2 Å². The molecule has 13 rings (SSSR count). The molecule has 2 nitrogen and oxygen atoms in total. The Balaban J connectivity index is 1.20. The molecule has 8 bridgehead atoms. The maximum Gasteiger partial charge on any atom is 0.0213 e. The molecule has 0 spiro atoms. The lowest BCUT2D eigenvalue weighted by Gasteiger charge is -2.72. The van der Waals surface area contributed by atoms with Crippen LogP contribution in [0.1, 0.15) is 88.2 Å². The van der Waals surface area contributed by atoms with Crippen molar-refractivity contribution in [1.29, 1.82) is 0 Å². The van der Waals surface area contributed by atoms with Crippen LogP contribution in [-0.2, 0) is 11.3 Å². The minimum absolute atomic E-state index is 0.0669. The van der Waals surface area contributed by atoms with Crippen molar-refractivity contribution in [3.63, 3.8) is 0 Å². The minimum Gasteiger partial charge on any atom is -0.367 e. The number of H-pyrrole nitrogens is 2. The zero-order valence-corrected chi connectivity index (χ0v) is 32.6. The van der Waals surface area contributed by atoms with E-state index in [0.29, 0.717) is 10.8 Å². The molecule has 0 aliphatic heterocycles. The highest BCUT2D eigenvalue weighted by atomic mass is 31.1. The molecule has 0 saturated heterocycles. The second kappa shape index (κ2) is 12.3. The molecule has 2 aromatic heterocycles. The summed E-state index contributed by atoms with van der Waals surface area (Å²) in [5.41, 5.74) is 9.58. The van der Waals surface area contributed by atoms with E-state index < -0.39 is 7.92 Å². The molecule has 3 aromatic carbocycles. The van der Waals surface area contributed by atoms with Gasteiger partial charge in [-0.05, 0) is 200 Å². The van der Waals surface area contributed by atoms with Crippen molar-refractivity contribution in [3.05, 3.63) is 121 Å². The minimum atomic E-state index is -0.600. The van der Waals surface area contributed by atoms with Crippen LogP contribution in [0, 0.1) is 46.3 Å². The number of nitrogens with one attached hydrogen (secondary N) is 2. The largest absolute Gasteiger partial charge is 0.367 e. The fourth-order valence-corrected chi connectivity index (χ4v) is 17.9. The summed E-state index contributed by atoms with van der Waals surface area (Å²) >= 11 is 0. The summed E-state index contributed by atoms with van der Waals surface area (Å²) in [5, 5.41) is 2.97. The summed E-state index contributed by atoms with van der Waals surface area (Å²) < 4.78 is 0. The Morgan fingerprint density at radius 1 is 0.558 bits per heavy atom. The Hall–Kier alpha value is -2.92. The maximum absolute atomic E-state index is 3.93. The third-order valence-corrected chi connectivity index (χ3v) is 19.7. The second-order valence-corrected chi connectivity index (χ2v) is 21.8. The third kappa shape index (κ3) is 5.02. The Kier molecular flexibility index (Phi) is 7.69. The van der Waals surface area contributed by atoms with Gasteiger partial charge in [0.25, 0.3) is 0 Å². The molecule has 1 atom stereocenters. The summed E-state index contributed by atoms with van der Waals surface area (Å²) in [5.74, 6) is 5.57. The predicted octanol–water partition coefficient (Wildman–Crippen LogP) is 11.8. The number of aromatic amines is 2. The smallest absolute Gasteiger partial charge is 0.0213 e. The first-order valence-corrected chi connectivity index (χ1v) is 22.7. The van der Waals surface area contributed by atoms with Gasteiger partial charge in [0, 0.05) is 36.1 Å². The number of benzene rings is 3. The molecule has 266 valence electrons. The molecule has 8 aliphatic rings. The lowest BCUT2D eigenvalue weighted by molar-refractivity contribution is -0.158. The second-order valence-electron chi connectivity index (χ2n) is 18.7. The van der Waals surface area contributed by atoms with Gasteiger partial charge in [-0.3, -0.25) is 0 Å². The van der Waals surface area contributed by atoms with Crippen molar-refractivity contribution < 1.29 is 0 Å². The summed E-state index contributed by atoms with van der Waals surface area (Å²) in [6, 6.07) is 33.0. The van der Waals surface area contributed by atoms with E-state index in [4.69, 9.17) is 0 Å². The summed E-state index contributed by atoms with van der Waals surface area (Å²) in [6.07, 6.45) is 27.6. The molecule has 8 aliphatic carbocycles. The molecular weight excluding hydrogens is 666 g/mol. The molecule has 2 heterocycles. The van der Waals surface area contributed by atoms with E-state index in [9.17, 15) is 0 Å². The first kappa shape index (κ1) is 32.5. The summed E-state index contributed by atoms with van der Waals surface area (Å²) in [6.45, 7) is 0. The van der Waals surface area contributed by atoms with E-state index in [-0.39, 0.29) is 5.16 Å². The van der Waals surface area contributed by atoms with Gasteiger partial charge in [-0.2, -0.15) is 0 Å². The zero-order valence-electron chi connectivity index (χ0n) is 30.6. The summed E-state index contributed by atoms with van der Waals surface area (Å²) in [7, 11) is 3.33. The van der Waals surface area contributed by atoms with E-state index in [2.05, 4.69) is 129 Å². The van der Waals surface area contributed by atoms with E-state index in [0.717, 1.165) is 41.7 Å². The van der Waals surface area contributed by atoms with Gasteiger partial charge in [0.2, 0.25) is 0 Å². The molecule has 8 fully saturated rings. The lowest BCUT2D eigenvalue weighted by Crippen LogP contribution is -2.64. The highest BCUT2D eigenvalue weighted by Gasteiger charge is 2.69. The Morgan fingerprint density at radius 2 is 0.962 bits per heavy atom. The Bertz CT molecular complexity index is 1900. The van der Waals surface area contributed by atoms with Gasteiger partial charge in [-0.1, -0.05) is 60.7 Å². The maximum atomic E-state index is 3.93. The molecular formula is C48H54N2P2. The molecule has 5 aromatic rings. The predicted molar refractivity (Wildman–Crippen MR) is 221 cm³/mol. The van der Waals surface area contributed by atoms with Crippen molar-refractivity contribution in [3.8, 4) is 22.3 Å². The highest BCUT2D eigenvalue weighted by molar-refractivity contribution is 7.72. The molecule has 4 heteroatoms. The standard InChI is InChI=1S/C48H54N2P2/c51-48(46-23-32-15-33(24-46)17-34(16-32)25-46,47-26-35-18-36(27-47)20-37(19-35)28-47)45-22-44(39-9-5-2-6-10-39)43(38-7-3-1-4-8-38)21-40(45)31-52(41-11-13-49-29-41)42-12-14-50-30-42/h1-14,21-22,29-30,32-37,49-50H,15-20,23-28,31,51H2. The van der Waals surface area contributed by atoms with Crippen LogP contribution in [0.2, 0.25) is 0 Å². The van der Waals surface area contributed by atoms with Crippen molar-refractivity contribution in [2.24, 2.45) is 46.3 Å². The molecule has 0 amide bonds. The van der Waals surface area contributed by atoms with Crippen LogP contribution in [0.4, 0.5) is 0 Å². The van der Waals surface area contributed by atoms with Crippen LogP contribution in [0.25, 0.3) is 22.3 Å². The van der Waals surface area contributed by atoms with Gasteiger partial charge in [-0.15, -0.1) is 9.24 Å². The lowest BCUT2D eigenvalue weighted by atomic mass is 9.37. The van der Waals surface area contributed by atoms with Gasteiger partial charge in [0.15, 0.2) is 0 Å². The van der Waals surface area contributed by atoms with Crippen LogP contribution in [-0.4, -0.2) is 9.97 Å². The first-order chi connectivity index (χ1) is 25.5. The normalized spacial score (nSPS) is 33.9. The van der Waals surface area contributed by atoms with Gasteiger partial charge < -0.3 is 9.97 Å². The van der Waals surface area contributed by atoms with E-state index in [1.165, 1.54) is 110 Å². The quantitative estimate of drug-likeness (QED) is 0.142. The average Bonchev–Trinajstić information content (AvgIpc) is 3.89. The highest BCUT2D eigenvalue weighted by Crippen LogP contribution is 2.78. The van der Waals surface area contributed by atoms with E-state index in [1.54, 1.807) is 11.1 Å². The Labute approximate surface area is 314 Å². The van der Waals surface area contributed by atoms with Gasteiger partial charge in [-0.25, -0.2) is 0 Å². The van der Waals surface area contributed by atoms with Crippen LogP contribution < -0.4 is 10.6 Å². The Morgan fingerprint density at radius 3 is 1.35 bits per heavy atom. The van der Waals surface area contributed by atoms with Crippen LogP contribution in [0.5, 0.6) is 0 Å². The van der Waals surface area contributed by atoms with Gasteiger partial charge in [0.1, 0.15) is 0 Å². The van der Waals surface area contributed by atoms with E-state index in [1.807, 2.05) is 0 Å².